The van der Waals surface area contributed by atoms with Gasteiger partial charge in [-0.1, -0.05) is 23.7 Å². The van der Waals surface area contributed by atoms with Gasteiger partial charge in [0, 0.05) is 11.3 Å². The van der Waals surface area contributed by atoms with E-state index in [0.717, 1.165) is 22.3 Å². The predicted molar refractivity (Wildman–Crippen MR) is 122 cm³/mol. The van der Waals surface area contributed by atoms with E-state index in [1.807, 2.05) is 36.4 Å². The summed E-state index contributed by atoms with van der Waals surface area (Å²) in [6.45, 7) is 1.68. The van der Waals surface area contributed by atoms with E-state index in [-0.39, 0.29) is 5.91 Å². The van der Waals surface area contributed by atoms with Crippen LogP contribution >= 0.6 is 11.6 Å². The Bertz CT molecular complexity index is 1230. The van der Waals surface area contributed by atoms with Crippen LogP contribution in [0.4, 0.5) is 5.69 Å². The summed E-state index contributed by atoms with van der Waals surface area (Å²) in [7, 11) is 1.53. The van der Waals surface area contributed by atoms with Gasteiger partial charge in [0.1, 0.15) is 11.5 Å². The molecule has 0 aliphatic heterocycles. The van der Waals surface area contributed by atoms with E-state index < -0.39 is 6.10 Å². The van der Waals surface area contributed by atoms with Gasteiger partial charge in [-0.15, -0.1) is 0 Å². The minimum Gasteiger partial charge on any atom is -0.495 e. The minimum absolute atomic E-state index is 0.286. The van der Waals surface area contributed by atoms with Gasteiger partial charge in [0.2, 0.25) is 0 Å². The number of nitrogens with zero attached hydrogens (tertiary/aromatic N) is 2. The predicted octanol–water partition coefficient (Wildman–Crippen LogP) is 5.36. The SMILES string of the molecule is COc1ccc(NC(=O)[C@H](C)Oc2ccc(-c3cnc4ccccc4n3)cc2)cc1Cl. The maximum absolute atomic E-state index is 12.5. The van der Waals surface area contributed by atoms with Crippen molar-refractivity contribution in [1.82, 2.24) is 9.97 Å². The fraction of sp³-hybridized carbons (Fsp3) is 0.125. The first-order chi connectivity index (χ1) is 15.0. The highest BCUT2D eigenvalue weighted by molar-refractivity contribution is 6.32. The lowest BCUT2D eigenvalue weighted by atomic mass is 10.1. The summed E-state index contributed by atoms with van der Waals surface area (Å²) in [4.78, 5) is 21.6. The monoisotopic (exact) mass is 433 g/mol. The average molecular weight is 434 g/mol. The van der Waals surface area contributed by atoms with Gasteiger partial charge < -0.3 is 14.8 Å². The summed E-state index contributed by atoms with van der Waals surface area (Å²) in [5.74, 6) is 0.832. The molecule has 0 radical (unpaired) electrons. The molecule has 0 aliphatic rings. The molecule has 4 aromatic rings. The first-order valence-corrected chi connectivity index (χ1v) is 10.0. The third-order valence-electron chi connectivity index (χ3n) is 4.70. The van der Waals surface area contributed by atoms with Crippen LogP contribution in [-0.4, -0.2) is 29.1 Å². The van der Waals surface area contributed by atoms with Crippen molar-refractivity contribution in [1.29, 1.82) is 0 Å². The molecule has 0 saturated carbocycles. The number of amides is 1. The number of fused-ring (bicyclic) bond motifs is 1. The number of carbonyl (C=O) groups excluding carboxylic acids is 1. The lowest BCUT2D eigenvalue weighted by molar-refractivity contribution is -0.122. The third-order valence-corrected chi connectivity index (χ3v) is 5.00. The van der Waals surface area contributed by atoms with Crippen molar-refractivity contribution in [2.45, 2.75) is 13.0 Å². The lowest BCUT2D eigenvalue weighted by Gasteiger charge is -2.15. The molecular weight excluding hydrogens is 414 g/mol. The van der Waals surface area contributed by atoms with Crippen molar-refractivity contribution in [2.24, 2.45) is 0 Å². The molecule has 6 nitrogen and oxygen atoms in total. The zero-order valence-electron chi connectivity index (χ0n) is 17.0. The largest absolute Gasteiger partial charge is 0.495 e. The van der Waals surface area contributed by atoms with Crippen LogP contribution in [-0.2, 0) is 4.79 Å². The highest BCUT2D eigenvalue weighted by atomic mass is 35.5. The Morgan fingerprint density at radius 2 is 1.77 bits per heavy atom. The number of aromatic nitrogens is 2. The van der Waals surface area contributed by atoms with E-state index >= 15 is 0 Å². The number of methoxy groups -OCH3 is 1. The molecule has 0 unspecified atom stereocenters. The molecule has 3 aromatic carbocycles. The number of para-hydroxylation sites is 2. The van der Waals surface area contributed by atoms with E-state index in [9.17, 15) is 4.79 Å². The molecule has 156 valence electrons. The van der Waals surface area contributed by atoms with E-state index in [2.05, 4.69) is 15.3 Å². The van der Waals surface area contributed by atoms with Gasteiger partial charge in [0.05, 0.1) is 35.1 Å². The quantitative estimate of drug-likeness (QED) is 0.442. The summed E-state index contributed by atoms with van der Waals surface area (Å²) in [5.41, 5.74) is 3.94. The number of ether oxygens (including phenoxy) is 2. The van der Waals surface area contributed by atoms with Crippen LogP contribution in [0.1, 0.15) is 6.92 Å². The van der Waals surface area contributed by atoms with E-state index in [4.69, 9.17) is 21.1 Å². The van der Waals surface area contributed by atoms with Crippen molar-refractivity contribution in [2.75, 3.05) is 12.4 Å². The third kappa shape index (κ3) is 4.75. The molecule has 1 N–H and O–H groups in total. The van der Waals surface area contributed by atoms with Gasteiger partial charge in [-0.25, -0.2) is 4.98 Å². The van der Waals surface area contributed by atoms with Crippen LogP contribution in [0.2, 0.25) is 5.02 Å². The fourth-order valence-electron chi connectivity index (χ4n) is 3.05. The number of hydrogen-bond acceptors (Lipinski definition) is 5. The van der Waals surface area contributed by atoms with E-state index in [1.165, 1.54) is 7.11 Å². The molecule has 0 bridgehead atoms. The Kier molecular flexibility index (Phi) is 6.00. The topological polar surface area (TPSA) is 73.3 Å². The number of benzene rings is 3. The Morgan fingerprint density at radius 1 is 1.03 bits per heavy atom. The zero-order valence-corrected chi connectivity index (χ0v) is 17.8. The lowest BCUT2D eigenvalue weighted by Crippen LogP contribution is -2.30. The Labute approximate surface area is 184 Å². The first-order valence-electron chi connectivity index (χ1n) is 9.67. The normalized spacial score (nSPS) is 11.7. The van der Waals surface area contributed by atoms with Crippen LogP contribution in [0.3, 0.4) is 0 Å². The summed E-state index contributed by atoms with van der Waals surface area (Å²) < 4.78 is 10.9. The second-order valence-corrected chi connectivity index (χ2v) is 7.27. The van der Waals surface area contributed by atoms with Crippen molar-refractivity contribution < 1.29 is 14.3 Å². The van der Waals surface area contributed by atoms with Crippen LogP contribution in [0, 0.1) is 0 Å². The van der Waals surface area contributed by atoms with Crippen molar-refractivity contribution in [3.05, 3.63) is 77.9 Å². The molecule has 1 aromatic heterocycles. The molecular formula is C24H20ClN3O3. The molecule has 7 heteroatoms. The highest BCUT2D eigenvalue weighted by Crippen LogP contribution is 2.27. The second kappa shape index (κ2) is 9.02. The van der Waals surface area contributed by atoms with Gasteiger partial charge in [-0.3, -0.25) is 9.78 Å². The standard InChI is InChI=1S/C24H20ClN3O3/c1-15(24(29)27-17-9-12-23(30-2)19(25)13-17)31-18-10-7-16(8-11-18)22-14-26-20-5-3-4-6-21(20)28-22/h3-15H,1-2H3,(H,27,29)/t15-/m0/s1. The van der Waals surface area contributed by atoms with Crippen molar-refractivity contribution in [3.8, 4) is 22.8 Å². The summed E-state index contributed by atoms with van der Waals surface area (Å²) in [6.07, 6.45) is 1.04. The summed E-state index contributed by atoms with van der Waals surface area (Å²) >= 11 is 6.10. The number of carbonyl (C=O) groups is 1. The van der Waals surface area contributed by atoms with Gasteiger partial charge in [0.25, 0.3) is 5.91 Å². The molecule has 0 fully saturated rings. The fourth-order valence-corrected chi connectivity index (χ4v) is 3.30. The molecule has 1 heterocycles. The van der Waals surface area contributed by atoms with Crippen LogP contribution in [0.15, 0.2) is 72.9 Å². The van der Waals surface area contributed by atoms with E-state index in [1.54, 1.807) is 43.5 Å². The van der Waals surface area contributed by atoms with Gasteiger partial charge >= 0.3 is 0 Å². The van der Waals surface area contributed by atoms with Gasteiger partial charge in [0.15, 0.2) is 6.10 Å². The van der Waals surface area contributed by atoms with Crippen LogP contribution in [0.25, 0.3) is 22.3 Å². The van der Waals surface area contributed by atoms with E-state index in [0.29, 0.717) is 22.2 Å². The number of anilines is 1. The highest BCUT2D eigenvalue weighted by Gasteiger charge is 2.16. The molecule has 0 saturated heterocycles. The Hall–Kier alpha value is -3.64. The molecule has 0 spiro atoms. The van der Waals surface area contributed by atoms with Gasteiger partial charge in [-0.2, -0.15) is 0 Å². The molecule has 4 rings (SSSR count). The Balaban J connectivity index is 1.41. The van der Waals surface area contributed by atoms with Crippen LogP contribution < -0.4 is 14.8 Å². The van der Waals surface area contributed by atoms with Crippen molar-refractivity contribution >= 4 is 34.2 Å². The summed E-state index contributed by atoms with van der Waals surface area (Å²) in [5, 5.41) is 3.20. The second-order valence-electron chi connectivity index (χ2n) is 6.87. The summed E-state index contributed by atoms with van der Waals surface area (Å²) in [6, 6.07) is 20.2. The Morgan fingerprint density at radius 3 is 2.48 bits per heavy atom. The van der Waals surface area contributed by atoms with Crippen LogP contribution in [0.5, 0.6) is 11.5 Å². The maximum Gasteiger partial charge on any atom is 0.265 e. The number of halogens is 1. The molecule has 31 heavy (non-hydrogen) atoms. The average Bonchev–Trinajstić information content (AvgIpc) is 2.79. The van der Waals surface area contributed by atoms with Gasteiger partial charge in [-0.05, 0) is 61.5 Å². The zero-order chi connectivity index (χ0) is 21.8. The number of rotatable bonds is 6. The first kappa shape index (κ1) is 20.6. The smallest absolute Gasteiger partial charge is 0.265 e. The number of nitrogens with one attached hydrogen (secondary N) is 1. The van der Waals surface area contributed by atoms with Crippen molar-refractivity contribution in [3.63, 3.8) is 0 Å². The maximum atomic E-state index is 12.5. The molecule has 1 atom stereocenters. The molecule has 1 amide bonds. The minimum atomic E-state index is -0.702. The molecule has 0 aliphatic carbocycles. The number of hydrogen-bond donors (Lipinski definition) is 1.